The fourth-order valence-electron chi connectivity index (χ4n) is 2.50. The molecule has 2 N–H and O–H groups in total. The predicted molar refractivity (Wildman–Crippen MR) is 82.5 cm³/mol. The summed E-state index contributed by atoms with van der Waals surface area (Å²) in [6, 6.07) is -0.0760. The van der Waals surface area contributed by atoms with E-state index in [-0.39, 0.29) is 21.8 Å². The largest absolute Gasteiger partial charge is 0.354 e. The van der Waals surface area contributed by atoms with Gasteiger partial charge in [-0.1, -0.05) is 34.6 Å². The summed E-state index contributed by atoms with van der Waals surface area (Å²) < 4.78 is 27.5. The van der Waals surface area contributed by atoms with E-state index >= 15 is 0 Å². The van der Waals surface area contributed by atoms with Gasteiger partial charge in [0.1, 0.15) is 4.90 Å². The van der Waals surface area contributed by atoms with Gasteiger partial charge in [-0.25, -0.2) is 23.1 Å². The van der Waals surface area contributed by atoms with Crippen LogP contribution >= 0.6 is 0 Å². The number of anilines is 1. The Morgan fingerprint density at radius 2 is 1.67 bits per heavy atom. The van der Waals surface area contributed by atoms with Crippen molar-refractivity contribution in [1.82, 2.24) is 14.7 Å². The SMILES string of the molecule is CCCNc1ncc(S(=O)(=O)NC2C(C)(C)C2(C)C)cn1. The summed E-state index contributed by atoms with van der Waals surface area (Å²) in [5.41, 5.74) is -0.104. The zero-order chi connectivity index (χ0) is 15.9. The average molecular weight is 312 g/mol. The topological polar surface area (TPSA) is 84.0 Å². The van der Waals surface area contributed by atoms with Crippen LogP contribution in [0.4, 0.5) is 5.95 Å². The van der Waals surface area contributed by atoms with Gasteiger partial charge in [0.05, 0.1) is 12.4 Å². The molecule has 0 radical (unpaired) electrons. The molecular formula is C14H24N4O2S. The van der Waals surface area contributed by atoms with Crippen LogP contribution in [0.25, 0.3) is 0 Å². The highest BCUT2D eigenvalue weighted by Crippen LogP contribution is 2.62. The zero-order valence-corrected chi connectivity index (χ0v) is 14.1. The quantitative estimate of drug-likeness (QED) is 0.839. The number of sulfonamides is 1. The first-order valence-corrected chi connectivity index (χ1v) is 8.69. The summed E-state index contributed by atoms with van der Waals surface area (Å²) in [5.74, 6) is 0.447. The van der Waals surface area contributed by atoms with Gasteiger partial charge in [0.25, 0.3) is 0 Å². The maximum Gasteiger partial charge on any atom is 0.243 e. The van der Waals surface area contributed by atoms with Crippen molar-refractivity contribution in [1.29, 1.82) is 0 Å². The van der Waals surface area contributed by atoms with E-state index in [9.17, 15) is 8.42 Å². The van der Waals surface area contributed by atoms with Crippen molar-refractivity contribution in [2.75, 3.05) is 11.9 Å². The standard InChI is InChI=1S/C14H24N4O2S/c1-6-7-15-12-16-8-10(9-17-12)21(19,20)18-11-13(2,3)14(11,4)5/h8-9,11,18H,6-7H2,1-5H3,(H,15,16,17). The van der Waals surface area contributed by atoms with Gasteiger partial charge in [0, 0.05) is 12.6 Å². The van der Waals surface area contributed by atoms with Gasteiger partial charge in [-0.2, -0.15) is 0 Å². The van der Waals surface area contributed by atoms with E-state index in [1.54, 1.807) is 0 Å². The summed E-state index contributed by atoms with van der Waals surface area (Å²) in [7, 11) is -3.58. The van der Waals surface area contributed by atoms with Crippen molar-refractivity contribution in [2.24, 2.45) is 10.8 Å². The summed E-state index contributed by atoms with van der Waals surface area (Å²) in [6.07, 6.45) is 3.64. The molecule has 6 nitrogen and oxygen atoms in total. The van der Waals surface area contributed by atoms with Crippen LogP contribution in [0.15, 0.2) is 17.3 Å². The van der Waals surface area contributed by atoms with Gasteiger partial charge in [0.2, 0.25) is 16.0 Å². The first-order chi connectivity index (χ1) is 9.63. The second-order valence-corrected chi connectivity index (χ2v) is 8.38. The number of nitrogens with zero attached hydrogens (tertiary/aromatic N) is 2. The second kappa shape index (κ2) is 5.21. The normalized spacial score (nSPS) is 20.2. The molecule has 1 aliphatic rings. The highest BCUT2D eigenvalue weighted by atomic mass is 32.2. The Morgan fingerprint density at radius 1 is 1.14 bits per heavy atom. The summed E-state index contributed by atoms with van der Waals surface area (Å²) in [4.78, 5) is 8.18. The third-order valence-corrected chi connectivity index (χ3v) is 6.14. The third-order valence-electron chi connectivity index (χ3n) is 4.77. The third kappa shape index (κ3) is 2.89. The Labute approximate surface area is 126 Å². The Hall–Kier alpha value is -1.21. The van der Waals surface area contributed by atoms with Crippen molar-refractivity contribution in [2.45, 2.75) is 52.0 Å². The maximum atomic E-state index is 12.4. The average Bonchev–Trinajstić information content (AvgIpc) is 2.79. The molecular weight excluding hydrogens is 288 g/mol. The lowest BCUT2D eigenvalue weighted by Crippen LogP contribution is -2.30. The minimum absolute atomic E-state index is 0.0520. The van der Waals surface area contributed by atoms with E-state index in [4.69, 9.17) is 0 Å². The number of hydrogen-bond acceptors (Lipinski definition) is 5. The molecule has 1 fully saturated rings. The van der Waals surface area contributed by atoms with E-state index in [0.29, 0.717) is 5.95 Å². The van der Waals surface area contributed by atoms with E-state index in [0.717, 1.165) is 13.0 Å². The molecule has 1 aromatic heterocycles. The molecule has 0 spiro atoms. The summed E-state index contributed by atoms with van der Waals surface area (Å²) >= 11 is 0. The lowest BCUT2D eigenvalue weighted by atomic mass is 10.0. The van der Waals surface area contributed by atoms with Crippen LogP contribution in [-0.4, -0.2) is 31.0 Å². The highest BCUT2D eigenvalue weighted by Gasteiger charge is 2.66. The van der Waals surface area contributed by atoms with Gasteiger partial charge >= 0.3 is 0 Å². The van der Waals surface area contributed by atoms with Gasteiger partial charge in [-0.3, -0.25) is 0 Å². The first kappa shape index (κ1) is 16.2. The maximum absolute atomic E-state index is 12.4. The van der Waals surface area contributed by atoms with Crippen LogP contribution in [0, 0.1) is 10.8 Å². The first-order valence-electron chi connectivity index (χ1n) is 7.21. The molecule has 0 bridgehead atoms. The molecule has 21 heavy (non-hydrogen) atoms. The molecule has 1 heterocycles. The van der Waals surface area contributed by atoms with Crippen molar-refractivity contribution in [3.05, 3.63) is 12.4 Å². The minimum Gasteiger partial charge on any atom is -0.354 e. The van der Waals surface area contributed by atoms with Gasteiger partial charge in [-0.05, 0) is 17.3 Å². The Balaban J connectivity index is 2.10. The predicted octanol–water partition coefficient (Wildman–Crippen LogP) is 2.01. The van der Waals surface area contributed by atoms with Crippen molar-refractivity contribution in [3.63, 3.8) is 0 Å². The van der Waals surface area contributed by atoms with E-state index in [2.05, 4.69) is 47.7 Å². The van der Waals surface area contributed by atoms with Crippen LogP contribution < -0.4 is 10.0 Å². The Morgan fingerprint density at radius 3 is 2.10 bits per heavy atom. The van der Waals surface area contributed by atoms with Crippen molar-refractivity contribution >= 4 is 16.0 Å². The van der Waals surface area contributed by atoms with Crippen LogP contribution in [0.5, 0.6) is 0 Å². The van der Waals surface area contributed by atoms with Crippen LogP contribution in [0.1, 0.15) is 41.0 Å². The Kier molecular flexibility index (Phi) is 4.01. The number of nitrogens with one attached hydrogen (secondary N) is 2. The molecule has 1 aromatic rings. The van der Waals surface area contributed by atoms with Crippen LogP contribution in [0.2, 0.25) is 0 Å². The van der Waals surface area contributed by atoms with Crippen molar-refractivity contribution < 1.29 is 8.42 Å². The number of aromatic nitrogens is 2. The fraction of sp³-hybridized carbons (Fsp3) is 0.714. The van der Waals surface area contributed by atoms with E-state index in [1.807, 2.05) is 6.92 Å². The molecule has 0 saturated heterocycles. The number of hydrogen-bond donors (Lipinski definition) is 2. The summed E-state index contributed by atoms with van der Waals surface area (Å²) in [6.45, 7) is 11.1. The lowest BCUT2D eigenvalue weighted by Gasteiger charge is -2.08. The molecule has 118 valence electrons. The molecule has 7 heteroatoms. The van der Waals surface area contributed by atoms with Crippen LogP contribution in [0.3, 0.4) is 0 Å². The Bertz CT molecular complexity index is 594. The molecule has 0 unspecified atom stereocenters. The zero-order valence-electron chi connectivity index (χ0n) is 13.3. The highest BCUT2D eigenvalue weighted by molar-refractivity contribution is 7.89. The van der Waals surface area contributed by atoms with Gasteiger partial charge < -0.3 is 5.32 Å². The van der Waals surface area contributed by atoms with E-state index in [1.165, 1.54) is 12.4 Å². The molecule has 0 amide bonds. The molecule has 0 atom stereocenters. The molecule has 2 rings (SSSR count). The number of rotatable bonds is 6. The van der Waals surface area contributed by atoms with Crippen LogP contribution in [-0.2, 0) is 10.0 Å². The lowest BCUT2D eigenvalue weighted by molar-refractivity contribution is 0.457. The minimum atomic E-state index is -3.58. The van der Waals surface area contributed by atoms with Gasteiger partial charge in [-0.15, -0.1) is 0 Å². The molecule has 0 aliphatic heterocycles. The molecule has 1 aliphatic carbocycles. The monoisotopic (exact) mass is 312 g/mol. The summed E-state index contributed by atoms with van der Waals surface area (Å²) in [5, 5.41) is 3.01. The van der Waals surface area contributed by atoms with E-state index < -0.39 is 10.0 Å². The molecule has 1 saturated carbocycles. The van der Waals surface area contributed by atoms with Gasteiger partial charge in [0.15, 0.2) is 0 Å². The van der Waals surface area contributed by atoms with Crippen molar-refractivity contribution in [3.8, 4) is 0 Å². The fourth-order valence-corrected chi connectivity index (χ4v) is 3.92. The second-order valence-electron chi connectivity index (χ2n) is 6.67. The smallest absolute Gasteiger partial charge is 0.243 e. The molecule has 0 aromatic carbocycles.